The summed E-state index contributed by atoms with van der Waals surface area (Å²) in [4.78, 5) is 0. The maximum Gasteiger partial charge on any atom is 0.216 e. The van der Waals surface area contributed by atoms with Gasteiger partial charge in [0.1, 0.15) is 6.04 Å². The van der Waals surface area contributed by atoms with Crippen molar-refractivity contribution in [1.29, 1.82) is 0 Å². The number of aliphatic hydroxyl groups is 2. The Balaban J connectivity index is 3.49. The zero-order valence-corrected chi connectivity index (χ0v) is 20.2. The van der Waals surface area contributed by atoms with Crippen molar-refractivity contribution in [3.63, 3.8) is 0 Å². The van der Waals surface area contributed by atoms with E-state index in [1.807, 2.05) is 0 Å². The number of rotatable bonds is 23. The van der Waals surface area contributed by atoms with Gasteiger partial charge >= 0.3 is 0 Å². The lowest BCUT2D eigenvalue weighted by Gasteiger charge is -2.25. The van der Waals surface area contributed by atoms with Crippen LogP contribution in [0.4, 0.5) is 0 Å². The highest BCUT2D eigenvalue weighted by Gasteiger charge is 2.33. The van der Waals surface area contributed by atoms with Crippen LogP contribution in [-0.2, 0) is 0 Å². The first-order valence-electron chi connectivity index (χ1n) is 13.3. The van der Waals surface area contributed by atoms with Gasteiger partial charge in [-0.1, -0.05) is 129 Å². The molecule has 1 atom stereocenters. The largest absolute Gasteiger partial charge is 0.361 e. The molecule has 29 heavy (non-hydrogen) atoms. The highest BCUT2D eigenvalue weighted by atomic mass is 16.5. The molecular formula is C26H56NO2+. The molecule has 5 N–H and O–H groups in total. The fourth-order valence-electron chi connectivity index (χ4n) is 4.19. The van der Waals surface area contributed by atoms with Gasteiger partial charge in [0.2, 0.25) is 5.79 Å². The Morgan fingerprint density at radius 3 is 1.21 bits per heavy atom. The smallest absolute Gasteiger partial charge is 0.216 e. The van der Waals surface area contributed by atoms with Crippen LogP contribution in [-0.4, -0.2) is 22.0 Å². The monoisotopic (exact) mass is 414 g/mol. The summed E-state index contributed by atoms with van der Waals surface area (Å²) in [6.07, 6.45) is 27.1. The van der Waals surface area contributed by atoms with E-state index in [0.29, 0.717) is 6.42 Å². The van der Waals surface area contributed by atoms with Crippen molar-refractivity contribution in [2.24, 2.45) is 0 Å². The average Bonchev–Trinajstić information content (AvgIpc) is 2.70. The third-order valence-electron chi connectivity index (χ3n) is 6.46. The maximum atomic E-state index is 10.3. The zero-order chi connectivity index (χ0) is 21.6. The molecule has 0 aromatic carbocycles. The molecule has 0 aliphatic carbocycles. The van der Waals surface area contributed by atoms with Crippen molar-refractivity contribution in [3.8, 4) is 0 Å². The normalized spacial score (nSPS) is 13.1. The molecule has 0 aliphatic heterocycles. The Hall–Kier alpha value is -0.120. The fraction of sp³-hybridized carbons (Fsp3) is 1.00. The SMILES string of the molecule is CCCCCCCCCCCCC([NH3+])C(O)(O)CCCCCCCCCCCC. The predicted octanol–water partition coefficient (Wildman–Crippen LogP) is 6.90. The molecule has 0 aliphatic rings. The van der Waals surface area contributed by atoms with Crippen LogP contribution in [0.1, 0.15) is 155 Å². The summed E-state index contributed by atoms with van der Waals surface area (Å²) in [7, 11) is 0. The number of hydrogen-bond donors (Lipinski definition) is 3. The number of hydrogen-bond acceptors (Lipinski definition) is 2. The van der Waals surface area contributed by atoms with Gasteiger partial charge in [-0.25, -0.2) is 0 Å². The van der Waals surface area contributed by atoms with Crippen LogP contribution in [0.3, 0.4) is 0 Å². The molecular weight excluding hydrogens is 358 g/mol. The Labute approximate surface area is 183 Å². The molecule has 0 rings (SSSR count). The first kappa shape index (κ1) is 28.9. The molecule has 0 amide bonds. The van der Waals surface area contributed by atoms with E-state index >= 15 is 0 Å². The van der Waals surface area contributed by atoms with Crippen LogP contribution in [0.15, 0.2) is 0 Å². The first-order chi connectivity index (χ1) is 14.0. The van der Waals surface area contributed by atoms with Crippen molar-refractivity contribution >= 4 is 0 Å². The van der Waals surface area contributed by atoms with Gasteiger partial charge in [-0.15, -0.1) is 0 Å². The third-order valence-corrected chi connectivity index (χ3v) is 6.46. The van der Waals surface area contributed by atoms with Gasteiger partial charge in [-0.05, 0) is 12.8 Å². The summed E-state index contributed by atoms with van der Waals surface area (Å²) < 4.78 is 0. The molecule has 0 aromatic rings. The van der Waals surface area contributed by atoms with Gasteiger partial charge in [0.05, 0.1) is 0 Å². The van der Waals surface area contributed by atoms with Crippen molar-refractivity contribution in [3.05, 3.63) is 0 Å². The maximum absolute atomic E-state index is 10.3. The van der Waals surface area contributed by atoms with Crippen molar-refractivity contribution in [2.45, 2.75) is 167 Å². The predicted molar refractivity (Wildman–Crippen MR) is 127 cm³/mol. The van der Waals surface area contributed by atoms with E-state index in [1.165, 1.54) is 109 Å². The van der Waals surface area contributed by atoms with Crippen LogP contribution in [0.2, 0.25) is 0 Å². The minimum absolute atomic E-state index is 0.255. The van der Waals surface area contributed by atoms with E-state index in [-0.39, 0.29) is 6.04 Å². The summed E-state index contributed by atoms with van der Waals surface area (Å²) >= 11 is 0. The van der Waals surface area contributed by atoms with Crippen LogP contribution in [0, 0.1) is 0 Å². The lowest BCUT2D eigenvalue weighted by molar-refractivity contribution is -0.484. The molecule has 0 saturated heterocycles. The van der Waals surface area contributed by atoms with E-state index < -0.39 is 5.79 Å². The van der Waals surface area contributed by atoms with E-state index in [1.54, 1.807) is 0 Å². The fourth-order valence-corrected chi connectivity index (χ4v) is 4.19. The van der Waals surface area contributed by atoms with Crippen LogP contribution < -0.4 is 5.73 Å². The minimum atomic E-state index is -1.57. The Morgan fingerprint density at radius 2 is 0.828 bits per heavy atom. The van der Waals surface area contributed by atoms with Crippen molar-refractivity contribution in [2.75, 3.05) is 0 Å². The topological polar surface area (TPSA) is 68.1 Å². The van der Waals surface area contributed by atoms with Crippen molar-refractivity contribution < 1.29 is 15.9 Å². The second kappa shape index (κ2) is 21.1. The Bertz CT molecular complexity index is 320. The van der Waals surface area contributed by atoms with Gasteiger partial charge < -0.3 is 15.9 Å². The van der Waals surface area contributed by atoms with Crippen LogP contribution in [0.5, 0.6) is 0 Å². The highest BCUT2D eigenvalue weighted by molar-refractivity contribution is 4.74. The van der Waals surface area contributed by atoms with Gasteiger partial charge in [-0.2, -0.15) is 0 Å². The van der Waals surface area contributed by atoms with E-state index in [0.717, 1.165) is 25.7 Å². The van der Waals surface area contributed by atoms with Gasteiger partial charge in [0.25, 0.3) is 0 Å². The summed E-state index contributed by atoms with van der Waals surface area (Å²) in [5.41, 5.74) is 4.05. The molecule has 3 nitrogen and oxygen atoms in total. The molecule has 0 bridgehead atoms. The third kappa shape index (κ3) is 19.6. The Kier molecular flexibility index (Phi) is 21.0. The van der Waals surface area contributed by atoms with Gasteiger partial charge in [0, 0.05) is 12.8 Å². The number of unbranched alkanes of at least 4 members (excludes halogenated alkanes) is 18. The lowest BCUT2D eigenvalue weighted by Crippen LogP contribution is -2.71. The number of quaternary nitrogens is 1. The second-order valence-corrected chi connectivity index (χ2v) is 9.48. The summed E-state index contributed by atoms with van der Waals surface area (Å²) in [6, 6.07) is -0.255. The van der Waals surface area contributed by atoms with Crippen LogP contribution in [0.25, 0.3) is 0 Å². The molecule has 1 unspecified atom stereocenters. The summed E-state index contributed by atoms with van der Waals surface area (Å²) in [6.45, 7) is 4.52. The Morgan fingerprint density at radius 1 is 0.517 bits per heavy atom. The molecule has 0 heterocycles. The highest BCUT2D eigenvalue weighted by Crippen LogP contribution is 2.20. The average molecular weight is 415 g/mol. The molecule has 0 saturated carbocycles. The molecule has 0 spiro atoms. The first-order valence-corrected chi connectivity index (χ1v) is 13.3. The van der Waals surface area contributed by atoms with E-state index in [2.05, 4.69) is 19.6 Å². The molecule has 0 aromatic heterocycles. The zero-order valence-electron chi connectivity index (χ0n) is 20.2. The van der Waals surface area contributed by atoms with E-state index in [9.17, 15) is 10.2 Å². The molecule has 0 radical (unpaired) electrons. The summed E-state index contributed by atoms with van der Waals surface area (Å²) in [5.74, 6) is -1.57. The lowest BCUT2D eigenvalue weighted by atomic mass is 9.95. The molecule has 0 fully saturated rings. The quantitative estimate of drug-likeness (QED) is 0.126. The van der Waals surface area contributed by atoms with Gasteiger partial charge in [0.15, 0.2) is 0 Å². The minimum Gasteiger partial charge on any atom is -0.361 e. The molecule has 3 heteroatoms. The van der Waals surface area contributed by atoms with Gasteiger partial charge in [-0.3, -0.25) is 0 Å². The van der Waals surface area contributed by atoms with Crippen LogP contribution >= 0.6 is 0 Å². The van der Waals surface area contributed by atoms with Crippen molar-refractivity contribution in [1.82, 2.24) is 0 Å². The summed E-state index contributed by atoms with van der Waals surface area (Å²) in [5, 5.41) is 20.7. The van der Waals surface area contributed by atoms with E-state index in [4.69, 9.17) is 0 Å². The standard InChI is InChI=1S/C26H55NO2/c1-3-5-7-9-11-13-15-17-19-21-23-25(27)26(28,29)24-22-20-18-16-14-12-10-8-6-4-2/h25,28-29H,3-24,27H2,1-2H3/p+1. The molecule has 176 valence electrons. The second-order valence-electron chi connectivity index (χ2n) is 9.48.